The molecule has 2 aliphatic rings. The zero-order valence-corrected chi connectivity index (χ0v) is 26.7. The van der Waals surface area contributed by atoms with Crippen molar-refractivity contribution in [2.75, 3.05) is 25.1 Å². The minimum atomic E-state index is -4.72. The van der Waals surface area contributed by atoms with Gasteiger partial charge < -0.3 is 15.3 Å². The van der Waals surface area contributed by atoms with Gasteiger partial charge in [-0.1, -0.05) is 35.5 Å². The lowest BCUT2D eigenvalue weighted by Crippen LogP contribution is -2.57. The van der Waals surface area contributed by atoms with Gasteiger partial charge in [0.05, 0.1) is 26.5 Å². The van der Waals surface area contributed by atoms with E-state index in [1.807, 2.05) is 6.07 Å². The van der Waals surface area contributed by atoms with Crippen molar-refractivity contribution in [1.29, 1.82) is 5.26 Å². The summed E-state index contributed by atoms with van der Waals surface area (Å²) in [7, 11) is 1.04. The number of benzene rings is 2. The van der Waals surface area contributed by atoms with Crippen molar-refractivity contribution in [2.24, 2.45) is 0 Å². The molecular weight excluding hydrogens is 648 g/mol. The number of nitrogens with zero attached hydrogens (tertiary/aromatic N) is 5. The molecule has 3 atom stereocenters. The minimum Gasteiger partial charge on any atom is -0.396 e. The van der Waals surface area contributed by atoms with Crippen molar-refractivity contribution >= 4 is 37.8 Å². The first-order valence-corrected chi connectivity index (χ1v) is 15.9. The van der Waals surface area contributed by atoms with Gasteiger partial charge in [-0.3, -0.25) is 19.3 Å². The van der Waals surface area contributed by atoms with E-state index in [0.29, 0.717) is 16.9 Å². The Morgan fingerprint density at radius 1 is 1.17 bits per heavy atom. The van der Waals surface area contributed by atoms with E-state index in [2.05, 4.69) is 10.4 Å². The molecule has 1 radical (unpaired) electrons. The number of para-hydroxylation sites is 1. The van der Waals surface area contributed by atoms with E-state index in [-0.39, 0.29) is 51.3 Å². The third-order valence-electron chi connectivity index (χ3n) is 8.06. The van der Waals surface area contributed by atoms with Crippen molar-refractivity contribution in [1.82, 2.24) is 20.0 Å². The van der Waals surface area contributed by atoms with Crippen LogP contribution in [-0.2, 0) is 11.0 Å². The summed E-state index contributed by atoms with van der Waals surface area (Å²) in [4.78, 5) is 44.6. The number of rotatable bonds is 9. The Bertz CT molecular complexity index is 1880. The Balaban J connectivity index is 1.74. The number of allylic oxidation sites excluding steroid dienone is 3. The summed E-state index contributed by atoms with van der Waals surface area (Å²) in [6.07, 6.45) is -2.15. The van der Waals surface area contributed by atoms with Gasteiger partial charge >= 0.3 is 6.18 Å². The van der Waals surface area contributed by atoms with Gasteiger partial charge in [-0.2, -0.15) is 23.5 Å². The second-order valence-electron chi connectivity index (χ2n) is 11.0. The van der Waals surface area contributed by atoms with Gasteiger partial charge in [0.15, 0.2) is 5.69 Å². The van der Waals surface area contributed by atoms with Gasteiger partial charge in [0.25, 0.3) is 17.7 Å². The summed E-state index contributed by atoms with van der Waals surface area (Å²) < 4.78 is 56.1. The van der Waals surface area contributed by atoms with Crippen LogP contribution >= 0.6 is 0 Å². The molecule has 2 aromatic carbocycles. The third kappa shape index (κ3) is 6.49. The molecule has 0 aliphatic carbocycles. The number of amides is 3. The molecule has 0 saturated carbocycles. The summed E-state index contributed by atoms with van der Waals surface area (Å²) in [5, 5.41) is 27.0. The van der Waals surface area contributed by atoms with E-state index in [1.165, 1.54) is 40.5 Å². The highest BCUT2D eigenvalue weighted by Crippen LogP contribution is 2.42. The van der Waals surface area contributed by atoms with Crippen LogP contribution in [0.3, 0.4) is 0 Å². The second-order valence-corrected chi connectivity index (χ2v) is 12.1. The largest absolute Gasteiger partial charge is 0.416 e. The van der Waals surface area contributed by atoms with Gasteiger partial charge in [0, 0.05) is 43.7 Å². The fourth-order valence-corrected chi connectivity index (χ4v) is 6.76. The highest BCUT2D eigenvalue weighted by atomic mass is 28.2. The lowest BCUT2D eigenvalue weighted by molar-refractivity contribution is -0.137. The van der Waals surface area contributed by atoms with Gasteiger partial charge in [0.1, 0.15) is 23.7 Å². The van der Waals surface area contributed by atoms with Crippen molar-refractivity contribution < 1.29 is 37.1 Å². The number of nitriles is 1. The first-order chi connectivity index (χ1) is 22.9. The van der Waals surface area contributed by atoms with Crippen molar-refractivity contribution in [3.8, 4) is 11.8 Å². The van der Waals surface area contributed by atoms with Gasteiger partial charge in [-0.05, 0) is 49.0 Å². The molecule has 3 unspecified atom stereocenters. The molecule has 0 saturated heterocycles. The van der Waals surface area contributed by atoms with Crippen LogP contribution in [0.15, 0.2) is 78.3 Å². The number of aliphatic hydroxyl groups excluding tert-OH is 1. The second kappa shape index (κ2) is 13.9. The van der Waals surface area contributed by atoms with E-state index in [1.54, 1.807) is 37.3 Å². The van der Waals surface area contributed by atoms with E-state index in [0.717, 1.165) is 17.0 Å². The molecule has 1 aromatic heterocycles. The monoisotopic (exact) mass is 677 g/mol. The number of likely N-dealkylation sites (N-methyl/N-ethyl adjacent to an activating group) is 1. The normalized spacial score (nSPS) is 18.0. The zero-order chi connectivity index (χ0) is 34.7. The molecule has 3 heterocycles. The number of carbonyl (C=O) groups excluding carboxylic acids is 3. The van der Waals surface area contributed by atoms with Gasteiger partial charge in [-0.25, -0.2) is 9.07 Å². The molecule has 3 amide bonds. The average Bonchev–Trinajstić information content (AvgIpc) is 3.47. The maximum absolute atomic E-state index is 14.4. The van der Waals surface area contributed by atoms with Crippen molar-refractivity contribution in [3.63, 3.8) is 0 Å². The summed E-state index contributed by atoms with van der Waals surface area (Å²) in [6.45, 7) is 1.34. The number of aliphatic hydroxyl groups is 1. The van der Waals surface area contributed by atoms with Crippen molar-refractivity contribution in [2.45, 2.75) is 37.5 Å². The lowest BCUT2D eigenvalue weighted by Gasteiger charge is -2.39. The molecule has 0 fully saturated rings. The maximum Gasteiger partial charge on any atom is 0.416 e. The standard InChI is InChI=1S/C33H29F4N6O4Si/c1-3-42-30-26(28(31(46)41(2)23(17-38)14-15-44)40-43(30)22-10-5-4-6-11-22)25(24-13-12-21(34)18-48-24)27(32(42)47)39-29(45)19-8-7-9-20(16-19)33(35,36)37/h4-13,16,18,23,25,27,44H,3,14-15H2,1-2H3,(H,39,45). The number of halogens is 4. The number of nitrogens with one attached hydrogen (secondary N) is 1. The van der Waals surface area contributed by atoms with E-state index >= 15 is 0 Å². The average molecular weight is 678 g/mol. The Labute approximate surface area is 275 Å². The number of aromatic nitrogens is 2. The minimum absolute atomic E-state index is 0.0454. The summed E-state index contributed by atoms with van der Waals surface area (Å²) in [6, 6.07) is 11.9. The Kier molecular flexibility index (Phi) is 9.87. The first kappa shape index (κ1) is 34.1. The number of anilines is 1. The molecular formula is C33H29F4N6O4Si. The number of hydrogen-bond acceptors (Lipinski definition) is 6. The Morgan fingerprint density at radius 2 is 1.90 bits per heavy atom. The molecule has 10 nitrogen and oxygen atoms in total. The Hall–Kier alpha value is -5.20. The van der Waals surface area contributed by atoms with E-state index < -0.39 is 53.3 Å². The fraction of sp³-hybridized carbons (Fsp3) is 0.273. The predicted octanol–water partition coefficient (Wildman–Crippen LogP) is 3.74. The number of fused-ring (bicyclic) bond motifs is 1. The van der Waals surface area contributed by atoms with Crippen LogP contribution in [0.2, 0.25) is 0 Å². The molecule has 2 aliphatic heterocycles. The zero-order valence-electron chi connectivity index (χ0n) is 25.7. The van der Waals surface area contributed by atoms with E-state index in [9.17, 15) is 42.3 Å². The topological polar surface area (TPSA) is 132 Å². The van der Waals surface area contributed by atoms with E-state index in [4.69, 9.17) is 0 Å². The molecule has 2 N–H and O–H groups in total. The highest BCUT2D eigenvalue weighted by Gasteiger charge is 2.48. The molecule has 15 heteroatoms. The number of hydrogen-bond donors (Lipinski definition) is 2. The van der Waals surface area contributed by atoms with Gasteiger partial charge in [0.2, 0.25) is 0 Å². The van der Waals surface area contributed by atoms with Crippen molar-refractivity contribution in [3.05, 3.63) is 101 Å². The summed E-state index contributed by atoms with van der Waals surface area (Å²) >= 11 is 0. The summed E-state index contributed by atoms with van der Waals surface area (Å²) in [5.74, 6) is -3.76. The Morgan fingerprint density at radius 3 is 2.50 bits per heavy atom. The van der Waals surface area contributed by atoms with Crippen LogP contribution in [0.5, 0.6) is 0 Å². The number of carbonyl (C=O) groups is 3. The lowest BCUT2D eigenvalue weighted by atomic mass is 9.82. The summed E-state index contributed by atoms with van der Waals surface area (Å²) in [5.41, 5.74) is 0.413. The molecule has 247 valence electrons. The van der Waals surface area contributed by atoms with Gasteiger partial charge in [-0.15, -0.1) is 0 Å². The third-order valence-corrected chi connectivity index (χ3v) is 9.29. The molecule has 48 heavy (non-hydrogen) atoms. The maximum atomic E-state index is 14.4. The number of alkyl halides is 3. The van der Waals surface area contributed by atoms with Crippen LogP contribution < -0.4 is 10.2 Å². The predicted molar refractivity (Wildman–Crippen MR) is 169 cm³/mol. The van der Waals surface area contributed by atoms with Crippen LogP contribution in [0.1, 0.15) is 51.2 Å². The molecule has 0 bridgehead atoms. The fourth-order valence-electron chi connectivity index (χ4n) is 5.69. The molecule has 5 rings (SSSR count). The molecule has 3 aromatic rings. The first-order valence-electron chi connectivity index (χ1n) is 14.8. The van der Waals surface area contributed by atoms with Crippen LogP contribution in [-0.4, -0.2) is 84.1 Å². The highest BCUT2D eigenvalue weighted by molar-refractivity contribution is 6.63. The quantitative estimate of drug-likeness (QED) is 0.262. The van der Waals surface area contributed by atoms with Crippen LogP contribution in [0.25, 0.3) is 5.69 Å². The van der Waals surface area contributed by atoms with Crippen LogP contribution in [0, 0.1) is 11.3 Å². The van der Waals surface area contributed by atoms with Crippen LogP contribution in [0.4, 0.5) is 23.4 Å². The SMILES string of the molecule is CCN1C(=O)C(NC(=O)c2cccc(C(F)(F)F)c2)C(C2=[Si]C=C(F)C=C2)c2c(C(=O)N(C)C(C#N)CCO)nn(-c3ccccc3)c21. The smallest absolute Gasteiger partial charge is 0.396 e. The molecule has 0 spiro atoms.